The molecule has 2 N–H and O–H groups in total. The molecule has 2 rings (SSSR count). The Morgan fingerprint density at radius 2 is 2.12 bits per heavy atom. The SMILES string of the molecule is Cc1ccc(C(N)Cc2cc(Br)ccc2F)o1. The van der Waals surface area contributed by atoms with Crippen LogP contribution in [0.5, 0.6) is 0 Å². The second-order valence-electron chi connectivity index (χ2n) is 3.99. The highest BCUT2D eigenvalue weighted by molar-refractivity contribution is 9.10. The first-order valence-corrected chi connectivity index (χ1v) is 6.11. The molecule has 1 heterocycles. The predicted octanol–water partition coefficient (Wildman–Crippen LogP) is 3.73. The van der Waals surface area contributed by atoms with E-state index >= 15 is 0 Å². The zero-order valence-corrected chi connectivity index (χ0v) is 11.0. The fraction of sp³-hybridized carbons (Fsp3) is 0.231. The van der Waals surface area contributed by atoms with Gasteiger partial charge in [-0.25, -0.2) is 4.39 Å². The number of aryl methyl sites for hydroxylation is 1. The maximum absolute atomic E-state index is 13.5. The van der Waals surface area contributed by atoms with E-state index < -0.39 is 0 Å². The van der Waals surface area contributed by atoms with Crippen molar-refractivity contribution in [3.05, 3.63) is 57.7 Å². The minimum absolute atomic E-state index is 0.244. The van der Waals surface area contributed by atoms with Crippen molar-refractivity contribution in [2.75, 3.05) is 0 Å². The summed E-state index contributed by atoms with van der Waals surface area (Å²) in [6.07, 6.45) is 0.415. The lowest BCUT2D eigenvalue weighted by Gasteiger charge is -2.10. The van der Waals surface area contributed by atoms with E-state index in [0.29, 0.717) is 17.7 Å². The molecule has 0 aliphatic heterocycles. The van der Waals surface area contributed by atoms with Crippen molar-refractivity contribution < 1.29 is 8.81 Å². The average molecular weight is 298 g/mol. The maximum atomic E-state index is 13.5. The average Bonchev–Trinajstić information content (AvgIpc) is 2.70. The van der Waals surface area contributed by atoms with Gasteiger partial charge in [0.15, 0.2) is 0 Å². The summed E-state index contributed by atoms with van der Waals surface area (Å²) in [6, 6.07) is 8.20. The van der Waals surface area contributed by atoms with Crippen molar-refractivity contribution >= 4 is 15.9 Å². The summed E-state index contributed by atoms with van der Waals surface area (Å²) in [4.78, 5) is 0. The lowest BCUT2D eigenvalue weighted by atomic mass is 10.0. The fourth-order valence-corrected chi connectivity index (χ4v) is 2.10. The summed E-state index contributed by atoms with van der Waals surface area (Å²) in [5.74, 6) is 1.25. The van der Waals surface area contributed by atoms with Gasteiger partial charge in [0.1, 0.15) is 17.3 Å². The highest BCUT2D eigenvalue weighted by Gasteiger charge is 2.13. The summed E-state index contributed by atoms with van der Waals surface area (Å²) >= 11 is 3.32. The topological polar surface area (TPSA) is 39.2 Å². The fourth-order valence-electron chi connectivity index (χ4n) is 1.69. The molecule has 0 radical (unpaired) electrons. The van der Waals surface area contributed by atoms with Gasteiger partial charge in [0.2, 0.25) is 0 Å². The van der Waals surface area contributed by atoms with Crippen molar-refractivity contribution in [3.8, 4) is 0 Å². The molecule has 4 heteroatoms. The summed E-state index contributed by atoms with van der Waals surface area (Å²) in [6.45, 7) is 1.86. The second kappa shape index (κ2) is 5.02. The molecule has 0 bridgehead atoms. The normalized spacial score (nSPS) is 12.7. The summed E-state index contributed by atoms with van der Waals surface area (Å²) in [5, 5.41) is 0. The van der Waals surface area contributed by atoms with Crippen LogP contribution in [-0.2, 0) is 6.42 Å². The Bertz CT molecular complexity index is 524. The van der Waals surface area contributed by atoms with Crippen LogP contribution in [0, 0.1) is 12.7 Å². The molecular formula is C13H13BrFNO. The van der Waals surface area contributed by atoms with Gasteiger partial charge >= 0.3 is 0 Å². The van der Waals surface area contributed by atoms with Gasteiger partial charge in [0, 0.05) is 4.47 Å². The number of nitrogens with two attached hydrogens (primary N) is 1. The third-order valence-corrected chi connectivity index (χ3v) is 3.07. The number of furan rings is 1. The molecule has 90 valence electrons. The van der Waals surface area contributed by atoms with Crippen LogP contribution in [0.25, 0.3) is 0 Å². The molecule has 1 atom stereocenters. The van der Waals surface area contributed by atoms with E-state index in [-0.39, 0.29) is 11.9 Å². The summed E-state index contributed by atoms with van der Waals surface area (Å²) in [5.41, 5.74) is 6.57. The monoisotopic (exact) mass is 297 g/mol. The van der Waals surface area contributed by atoms with Crippen LogP contribution >= 0.6 is 15.9 Å². The Kier molecular flexibility index (Phi) is 3.64. The number of benzene rings is 1. The first kappa shape index (κ1) is 12.3. The molecule has 1 aromatic carbocycles. The molecule has 17 heavy (non-hydrogen) atoms. The molecule has 0 amide bonds. The molecule has 1 unspecified atom stereocenters. The van der Waals surface area contributed by atoms with Gasteiger partial charge in [-0.15, -0.1) is 0 Å². The van der Waals surface area contributed by atoms with Crippen LogP contribution in [0.2, 0.25) is 0 Å². The van der Waals surface area contributed by atoms with Crippen molar-refractivity contribution in [3.63, 3.8) is 0 Å². The molecule has 2 aromatic rings. The zero-order chi connectivity index (χ0) is 12.4. The summed E-state index contributed by atoms with van der Waals surface area (Å²) in [7, 11) is 0. The van der Waals surface area contributed by atoms with Crippen LogP contribution < -0.4 is 5.73 Å². The number of hydrogen-bond acceptors (Lipinski definition) is 2. The molecule has 0 saturated carbocycles. The van der Waals surface area contributed by atoms with E-state index in [0.717, 1.165) is 10.2 Å². The predicted molar refractivity (Wildman–Crippen MR) is 68.2 cm³/mol. The minimum atomic E-state index is -0.326. The smallest absolute Gasteiger partial charge is 0.126 e. The van der Waals surface area contributed by atoms with Crippen LogP contribution in [0.15, 0.2) is 39.2 Å². The molecule has 0 spiro atoms. The summed E-state index contributed by atoms with van der Waals surface area (Å²) < 4.78 is 19.8. The lowest BCUT2D eigenvalue weighted by Crippen LogP contribution is -2.13. The molecule has 0 fully saturated rings. The van der Waals surface area contributed by atoms with E-state index in [1.54, 1.807) is 12.1 Å². The van der Waals surface area contributed by atoms with E-state index in [1.807, 2.05) is 19.1 Å². The Hall–Kier alpha value is -1.13. The molecular weight excluding hydrogens is 285 g/mol. The maximum Gasteiger partial charge on any atom is 0.126 e. The van der Waals surface area contributed by atoms with Gasteiger partial charge in [-0.2, -0.15) is 0 Å². The van der Waals surface area contributed by atoms with Crippen molar-refractivity contribution in [1.82, 2.24) is 0 Å². The van der Waals surface area contributed by atoms with Gasteiger partial charge in [-0.3, -0.25) is 0 Å². The molecule has 2 nitrogen and oxygen atoms in total. The first-order chi connectivity index (χ1) is 8.06. The third kappa shape index (κ3) is 2.96. The van der Waals surface area contributed by atoms with E-state index in [4.69, 9.17) is 10.2 Å². The Morgan fingerprint density at radius 1 is 1.35 bits per heavy atom. The third-order valence-electron chi connectivity index (χ3n) is 2.57. The second-order valence-corrected chi connectivity index (χ2v) is 4.91. The first-order valence-electron chi connectivity index (χ1n) is 5.32. The van der Waals surface area contributed by atoms with Gasteiger partial charge in [-0.1, -0.05) is 15.9 Å². The van der Waals surface area contributed by atoms with Crippen molar-refractivity contribution in [1.29, 1.82) is 0 Å². The van der Waals surface area contributed by atoms with Crippen LogP contribution in [0.3, 0.4) is 0 Å². The van der Waals surface area contributed by atoms with Crippen LogP contribution in [0.1, 0.15) is 23.1 Å². The number of halogens is 2. The van der Waals surface area contributed by atoms with Gasteiger partial charge < -0.3 is 10.2 Å². The van der Waals surface area contributed by atoms with Crippen LogP contribution in [0.4, 0.5) is 4.39 Å². The van der Waals surface area contributed by atoms with Crippen LogP contribution in [-0.4, -0.2) is 0 Å². The zero-order valence-electron chi connectivity index (χ0n) is 9.41. The molecule has 1 aromatic heterocycles. The largest absolute Gasteiger partial charge is 0.465 e. The minimum Gasteiger partial charge on any atom is -0.465 e. The van der Waals surface area contributed by atoms with E-state index in [1.165, 1.54) is 6.07 Å². The lowest BCUT2D eigenvalue weighted by molar-refractivity contribution is 0.442. The molecule has 0 aliphatic rings. The van der Waals surface area contributed by atoms with Gasteiger partial charge in [0.25, 0.3) is 0 Å². The Labute approximate surface area is 108 Å². The van der Waals surface area contributed by atoms with E-state index in [2.05, 4.69) is 15.9 Å². The Morgan fingerprint density at radius 3 is 2.76 bits per heavy atom. The van der Waals surface area contributed by atoms with Crippen molar-refractivity contribution in [2.24, 2.45) is 5.73 Å². The van der Waals surface area contributed by atoms with E-state index in [9.17, 15) is 4.39 Å². The highest BCUT2D eigenvalue weighted by Crippen LogP contribution is 2.22. The van der Waals surface area contributed by atoms with Gasteiger partial charge in [0.05, 0.1) is 6.04 Å². The quantitative estimate of drug-likeness (QED) is 0.937. The molecule has 0 saturated heterocycles. The van der Waals surface area contributed by atoms with Crippen molar-refractivity contribution in [2.45, 2.75) is 19.4 Å². The standard InChI is InChI=1S/C13H13BrFNO/c1-8-2-5-13(17-8)12(16)7-9-6-10(14)3-4-11(9)15/h2-6,12H,7,16H2,1H3. The highest BCUT2D eigenvalue weighted by atomic mass is 79.9. The number of rotatable bonds is 3. The Balaban J connectivity index is 2.18. The van der Waals surface area contributed by atoms with Gasteiger partial charge in [-0.05, 0) is 49.2 Å². The number of hydrogen-bond donors (Lipinski definition) is 1. The molecule has 0 aliphatic carbocycles.